The summed E-state index contributed by atoms with van der Waals surface area (Å²) in [6.45, 7) is 0. The molecule has 100 valence electrons. The minimum atomic E-state index is -0.290. The maximum Gasteiger partial charge on any atom is 0.338 e. The van der Waals surface area contributed by atoms with E-state index in [-0.39, 0.29) is 12.1 Å². The van der Waals surface area contributed by atoms with E-state index in [1.54, 1.807) is 31.4 Å². The molecular weight excluding hydrogens is 240 g/mol. The average molecular weight is 258 g/mol. The molecule has 1 atom stereocenters. The van der Waals surface area contributed by atoms with Crippen LogP contribution in [0.1, 0.15) is 29.6 Å². The van der Waals surface area contributed by atoms with Gasteiger partial charge in [-0.3, -0.25) is 0 Å². The predicted molar refractivity (Wildman–Crippen MR) is 74.3 cm³/mol. The lowest BCUT2D eigenvalue weighted by Crippen LogP contribution is -2.16. The molecule has 1 aromatic carbocycles. The van der Waals surface area contributed by atoms with Crippen molar-refractivity contribution in [2.24, 2.45) is 0 Å². The minimum Gasteiger partial charge on any atom is -0.497 e. The van der Waals surface area contributed by atoms with Crippen molar-refractivity contribution in [1.82, 2.24) is 0 Å². The molecule has 1 aromatic rings. The van der Waals surface area contributed by atoms with E-state index >= 15 is 0 Å². The van der Waals surface area contributed by atoms with E-state index in [0.29, 0.717) is 5.56 Å². The van der Waals surface area contributed by atoms with Gasteiger partial charge in [-0.1, -0.05) is 18.2 Å². The third-order valence-electron chi connectivity index (χ3n) is 3.02. The number of methoxy groups -OCH3 is 1. The first-order valence-corrected chi connectivity index (χ1v) is 6.48. The highest BCUT2D eigenvalue weighted by Crippen LogP contribution is 2.15. The smallest absolute Gasteiger partial charge is 0.338 e. The molecule has 0 aromatic heterocycles. The maximum atomic E-state index is 12.0. The monoisotopic (exact) mass is 258 g/mol. The molecule has 0 radical (unpaired) electrons. The van der Waals surface area contributed by atoms with Crippen LogP contribution in [-0.4, -0.2) is 19.2 Å². The fourth-order valence-electron chi connectivity index (χ4n) is 1.93. The van der Waals surface area contributed by atoms with Gasteiger partial charge in [0.05, 0.1) is 12.7 Å². The van der Waals surface area contributed by atoms with E-state index in [0.717, 1.165) is 25.0 Å². The van der Waals surface area contributed by atoms with Gasteiger partial charge in [0, 0.05) is 0 Å². The number of hydrogen-bond donors (Lipinski definition) is 0. The molecular formula is C16H18O3. The fourth-order valence-corrected chi connectivity index (χ4v) is 1.93. The SMILES string of the molecule is COc1ccc(C(=O)O[C@@H]2/C=C\C=C/CCC2)cc1. The van der Waals surface area contributed by atoms with Crippen molar-refractivity contribution in [3.8, 4) is 5.75 Å². The Hall–Kier alpha value is -2.03. The van der Waals surface area contributed by atoms with Gasteiger partial charge in [0.25, 0.3) is 0 Å². The van der Waals surface area contributed by atoms with Crippen LogP contribution < -0.4 is 4.74 Å². The minimum absolute atomic E-state index is 0.139. The van der Waals surface area contributed by atoms with Crippen molar-refractivity contribution in [1.29, 1.82) is 0 Å². The van der Waals surface area contributed by atoms with Crippen LogP contribution in [0.15, 0.2) is 48.6 Å². The summed E-state index contributed by atoms with van der Waals surface area (Å²) in [5, 5.41) is 0. The van der Waals surface area contributed by atoms with Gasteiger partial charge >= 0.3 is 5.97 Å². The zero-order chi connectivity index (χ0) is 13.5. The number of carbonyl (C=O) groups is 1. The fraction of sp³-hybridized carbons (Fsp3) is 0.312. The third kappa shape index (κ3) is 3.98. The Balaban J connectivity index is 1.99. The highest BCUT2D eigenvalue weighted by atomic mass is 16.5. The summed E-state index contributed by atoms with van der Waals surface area (Å²) >= 11 is 0. The lowest BCUT2D eigenvalue weighted by atomic mass is 10.1. The first-order valence-electron chi connectivity index (χ1n) is 6.48. The van der Waals surface area contributed by atoms with Gasteiger partial charge in [-0.25, -0.2) is 4.79 Å². The summed E-state index contributed by atoms with van der Waals surface area (Å²) < 4.78 is 10.5. The molecule has 0 saturated carbocycles. The van der Waals surface area contributed by atoms with E-state index in [4.69, 9.17) is 9.47 Å². The first-order chi connectivity index (χ1) is 9.29. The van der Waals surface area contributed by atoms with Crippen molar-refractivity contribution in [2.45, 2.75) is 25.4 Å². The molecule has 3 nitrogen and oxygen atoms in total. The molecule has 0 unspecified atom stereocenters. The number of ether oxygens (including phenoxy) is 2. The van der Waals surface area contributed by atoms with Crippen LogP contribution in [0.3, 0.4) is 0 Å². The van der Waals surface area contributed by atoms with Gasteiger partial charge in [0.15, 0.2) is 0 Å². The lowest BCUT2D eigenvalue weighted by Gasteiger charge is -2.15. The Morgan fingerprint density at radius 2 is 2.00 bits per heavy atom. The number of hydrogen-bond acceptors (Lipinski definition) is 3. The average Bonchev–Trinajstić information content (AvgIpc) is 2.41. The molecule has 0 heterocycles. The first kappa shape index (κ1) is 13.4. The van der Waals surface area contributed by atoms with Gasteiger partial charge in [0.2, 0.25) is 0 Å². The van der Waals surface area contributed by atoms with Gasteiger partial charge in [-0.15, -0.1) is 0 Å². The number of benzene rings is 1. The molecule has 1 aliphatic carbocycles. The number of esters is 1. The summed E-state index contributed by atoms with van der Waals surface area (Å²) in [7, 11) is 1.60. The molecule has 19 heavy (non-hydrogen) atoms. The Morgan fingerprint density at radius 3 is 2.74 bits per heavy atom. The van der Waals surface area contributed by atoms with Crippen LogP contribution in [0.2, 0.25) is 0 Å². The van der Waals surface area contributed by atoms with Crippen LogP contribution >= 0.6 is 0 Å². The zero-order valence-electron chi connectivity index (χ0n) is 11.0. The third-order valence-corrected chi connectivity index (χ3v) is 3.02. The largest absolute Gasteiger partial charge is 0.497 e. The highest BCUT2D eigenvalue weighted by molar-refractivity contribution is 5.89. The van der Waals surface area contributed by atoms with Crippen molar-refractivity contribution in [3.05, 3.63) is 54.1 Å². The zero-order valence-corrected chi connectivity index (χ0v) is 11.0. The van der Waals surface area contributed by atoms with E-state index in [2.05, 4.69) is 6.08 Å². The summed E-state index contributed by atoms with van der Waals surface area (Å²) in [5.41, 5.74) is 0.548. The Morgan fingerprint density at radius 1 is 1.21 bits per heavy atom. The summed E-state index contributed by atoms with van der Waals surface area (Å²) in [6.07, 6.45) is 10.8. The van der Waals surface area contributed by atoms with Crippen molar-refractivity contribution >= 4 is 5.97 Å². The molecule has 0 amide bonds. The van der Waals surface area contributed by atoms with Gasteiger partial charge in [-0.2, -0.15) is 0 Å². The predicted octanol–water partition coefficient (Wildman–Crippen LogP) is 3.52. The Bertz CT molecular complexity index is 471. The molecule has 0 bridgehead atoms. The van der Waals surface area contributed by atoms with E-state index < -0.39 is 0 Å². The lowest BCUT2D eigenvalue weighted by molar-refractivity contribution is 0.0377. The summed E-state index contributed by atoms with van der Waals surface area (Å²) in [5.74, 6) is 0.439. The number of carbonyl (C=O) groups excluding carboxylic acids is 1. The quantitative estimate of drug-likeness (QED) is 0.778. The molecule has 0 saturated heterocycles. The van der Waals surface area contributed by atoms with Crippen LogP contribution in [0.5, 0.6) is 5.75 Å². The van der Waals surface area contributed by atoms with Gasteiger partial charge in [-0.05, 0) is 49.6 Å². The standard InChI is InChI=1S/C16H18O3/c1-18-14-11-9-13(10-12-14)16(17)19-15-7-5-3-2-4-6-8-15/h2-3,5,7,9-12,15H,4,6,8H2,1H3/b3-2-,7-5-/t15-/m1/s1. The summed E-state index contributed by atoms with van der Waals surface area (Å²) in [4.78, 5) is 12.0. The van der Waals surface area contributed by atoms with Gasteiger partial charge < -0.3 is 9.47 Å². The van der Waals surface area contributed by atoms with Crippen molar-refractivity contribution in [2.75, 3.05) is 7.11 Å². The number of allylic oxidation sites excluding steroid dienone is 3. The van der Waals surface area contributed by atoms with Crippen LogP contribution in [0.25, 0.3) is 0 Å². The molecule has 1 aliphatic rings. The van der Waals surface area contributed by atoms with Crippen molar-refractivity contribution < 1.29 is 14.3 Å². The molecule has 2 rings (SSSR count). The molecule has 0 fully saturated rings. The second-order valence-electron chi connectivity index (χ2n) is 4.42. The summed E-state index contributed by atoms with van der Waals surface area (Å²) in [6, 6.07) is 6.95. The molecule has 3 heteroatoms. The van der Waals surface area contributed by atoms with E-state index in [9.17, 15) is 4.79 Å². The van der Waals surface area contributed by atoms with Gasteiger partial charge in [0.1, 0.15) is 11.9 Å². The van der Waals surface area contributed by atoms with Crippen molar-refractivity contribution in [3.63, 3.8) is 0 Å². The second-order valence-corrected chi connectivity index (χ2v) is 4.42. The molecule has 0 aliphatic heterocycles. The van der Waals surface area contributed by atoms with Crippen LogP contribution in [-0.2, 0) is 4.74 Å². The van der Waals surface area contributed by atoms with Crippen LogP contribution in [0.4, 0.5) is 0 Å². The van der Waals surface area contributed by atoms with E-state index in [1.165, 1.54) is 0 Å². The Kier molecular flexibility index (Phi) is 4.78. The van der Waals surface area contributed by atoms with E-state index in [1.807, 2.05) is 18.2 Å². The van der Waals surface area contributed by atoms with Crippen LogP contribution in [0, 0.1) is 0 Å². The molecule has 0 spiro atoms. The molecule has 0 N–H and O–H groups in total. The topological polar surface area (TPSA) is 35.5 Å². The maximum absolute atomic E-state index is 12.0. The highest BCUT2D eigenvalue weighted by Gasteiger charge is 2.13. The number of rotatable bonds is 3. The second kappa shape index (κ2) is 6.78. The Labute approximate surface area is 113 Å². The normalized spacial score (nSPS) is 21.8.